The van der Waals surface area contributed by atoms with Crippen LogP contribution in [0.2, 0.25) is 0 Å². The second-order valence-electron chi connectivity index (χ2n) is 5.16. The Balaban J connectivity index is 2.71. The first-order valence-corrected chi connectivity index (χ1v) is 6.23. The van der Waals surface area contributed by atoms with Crippen LogP contribution >= 0.6 is 0 Å². The molecule has 0 bridgehead atoms. The fourth-order valence-corrected chi connectivity index (χ4v) is 2.74. The van der Waals surface area contributed by atoms with Crippen LogP contribution in [0.1, 0.15) is 38.7 Å². The van der Waals surface area contributed by atoms with Crippen LogP contribution < -0.4 is 0 Å². The molecule has 1 aromatic rings. The number of Topliss-reactive ketones (excluding diaryl/α,β-unsaturated/α-hetero) is 1. The van der Waals surface area contributed by atoms with Gasteiger partial charge in [-0.2, -0.15) is 18.4 Å². The van der Waals surface area contributed by atoms with Gasteiger partial charge in [-0.1, -0.05) is 0 Å². The van der Waals surface area contributed by atoms with Gasteiger partial charge in [-0.05, 0) is 30.5 Å². The average molecular weight is 317 g/mol. The highest BCUT2D eigenvalue weighted by molar-refractivity contribution is 6.04. The second-order valence-corrected chi connectivity index (χ2v) is 5.16. The van der Waals surface area contributed by atoms with E-state index in [0.717, 1.165) is 0 Å². The van der Waals surface area contributed by atoms with Crippen molar-refractivity contribution >= 4 is 5.78 Å². The summed E-state index contributed by atoms with van der Waals surface area (Å²) >= 11 is 0. The smallest absolute Gasteiger partial charge is 0.387 e. The van der Waals surface area contributed by atoms with Gasteiger partial charge < -0.3 is 10.2 Å². The molecule has 0 amide bonds. The van der Waals surface area contributed by atoms with Crippen molar-refractivity contribution in [2.24, 2.45) is 5.92 Å². The van der Waals surface area contributed by atoms with E-state index in [9.17, 15) is 32.6 Å². The van der Waals surface area contributed by atoms with Crippen molar-refractivity contribution in [3.05, 3.63) is 33.6 Å². The minimum atomic E-state index is -5.14. The van der Waals surface area contributed by atoms with E-state index in [1.807, 2.05) is 0 Å². The highest BCUT2D eigenvalue weighted by Crippen LogP contribution is 2.45. The molecular weight excluding hydrogens is 306 g/mol. The van der Waals surface area contributed by atoms with E-state index < -0.39 is 47.0 Å². The monoisotopic (exact) mass is 317 g/mol. The van der Waals surface area contributed by atoms with Crippen molar-refractivity contribution in [3.8, 4) is 6.07 Å². The summed E-state index contributed by atoms with van der Waals surface area (Å²) in [5, 5.41) is 28.2. The number of benzene rings is 1. The van der Waals surface area contributed by atoms with Gasteiger partial charge in [-0.25, -0.2) is 4.39 Å². The lowest BCUT2D eigenvalue weighted by Crippen LogP contribution is -2.40. The van der Waals surface area contributed by atoms with Crippen LogP contribution in [0, 0.1) is 36.9 Å². The standard InChI is InChI=1S/C14H11F4NO3/c1-4-5(2)7-8(10(15)6(4)3-19)12(21)9(11(7)20)13(22)14(16,17)18/h9,11,13,20,22H,1-2H3. The molecule has 0 aliphatic heterocycles. The fraction of sp³-hybridized carbons (Fsp3) is 0.429. The summed E-state index contributed by atoms with van der Waals surface area (Å²) in [4.78, 5) is 12.1. The Morgan fingerprint density at radius 1 is 1.27 bits per heavy atom. The highest BCUT2D eigenvalue weighted by Gasteiger charge is 2.54. The van der Waals surface area contributed by atoms with Crippen molar-refractivity contribution < 1.29 is 32.6 Å². The molecule has 4 nitrogen and oxygen atoms in total. The van der Waals surface area contributed by atoms with Gasteiger partial charge in [-0.3, -0.25) is 4.79 Å². The van der Waals surface area contributed by atoms with Crippen molar-refractivity contribution in [1.29, 1.82) is 5.26 Å². The normalized spacial score (nSPS) is 22.4. The zero-order valence-electron chi connectivity index (χ0n) is 11.5. The first kappa shape index (κ1) is 16.4. The number of carbonyl (C=O) groups excluding carboxylic acids is 1. The fourth-order valence-electron chi connectivity index (χ4n) is 2.74. The maximum atomic E-state index is 14.3. The van der Waals surface area contributed by atoms with E-state index in [4.69, 9.17) is 5.26 Å². The van der Waals surface area contributed by atoms with Crippen molar-refractivity contribution in [2.45, 2.75) is 32.2 Å². The lowest BCUT2D eigenvalue weighted by atomic mass is 9.92. The third kappa shape index (κ3) is 2.09. The molecular formula is C14H11F4NO3. The molecule has 8 heteroatoms. The quantitative estimate of drug-likeness (QED) is 0.777. The molecule has 22 heavy (non-hydrogen) atoms. The Labute approximate surface area is 122 Å². The van der Waals surface area contributed by atoms with E-state index in [1.165, 1.54) is 13.8 Å². The first-order chi connectivity index (χ1) is 10.0. The number of aliphatic hydroxyl groups excluding tert-OH is 2. The summed E-state index contributed by atoms with van der Waals surface area (Å²) in [6, 6.07) is 1.55. The van der Waals surface area contributed by atoms with Crippen LogP contribution in [0.4, 0.5) is 17.6 Å². The van der Waals surface area contributed by atoms with Gasteiger partial charge in [0.2, 0.25) is 0 Å². The summed E-state index contributed by atoms with van der Waals surface area (Å²) in [5.41, 5.74) is -1.22. The van der Waals surface area contributed by atoms with Crippen LogP contribution in [-0.4, -0.2) is 28.3 Å². The maximum absolute atomic E-state index is 14.3. The van der Waals surface area contributed by atoms with Gasteiger partial charge in [-0.15, -0.1) is 0 Å². The number of carbonyl (C=O) groups is 1. The minimum Gasteiger partial charge on any atom is -0.387 e. The second kappa shape index (κ2) is 5.04. The lowest BCUT2D eigenvalue weighted by Gasteiger charge is -2.23. The largest absolute Gasteiger partial charge is 0.415 e. The van der Waals surface area contributed by atoms with Gasteiger partial charge in [0.05, 0.1) is 23.1 Å². The Hall–Kier alpha value is -1.98. The number of nitrogens with zero attached hydrogens (tertiary/aromatic N) is 1. The summed E-state index contributed by atoms with van der Waals surface area (Å²) in [6.45, 7) is 2.73. The molecule has 2 rings (SSSR count). The van der Waals surface area contributed by atoms with Crippen LogP contribution in [0.15, 0.2) is 0 Å². The molecule has 3 unspecified atom stereocenters. The molecule has 0 fully saturated rings. The molecule has 0 spiro atoms. The van der Waals surface area contributed by atoms with Crippen LogP contribution in [0.3, 0.4) is 0 Å². The molecule has 1 aliphatic rings. The Morgan fingerprint density at radius 3 is 2.27 bits per heavy atom. The molecule has 1 aliphatic carbocycles. The van der Waals surface area contributed by atoms with E-state index in [0.29, 0.717) is 0 Å². The lowest BCUT2D eigenvalue weighted by molar-refractivity contribution is -0.221. The van der Waals surface area contributed by atoms with E-state index >= 15 is 0 Å². The molecule has 0 radical (unpaired) electrons. The Morgan fingerprint density at radius 2 is 1.82 bits per heavy atom. The molecule has 0 aromatic heterocycles. The zero-order valence-corrected chi connectivity index (χ0v) is 11.5. The number of ketones is 1. The molecule has 2 N–H and O–H groups in total. The molecule has 3 atom stereocenters. The van der Waals surface area contributed by atoms with E-state index in [1.54, 1.807) is 6.07 Å². The predicted molar refractivity (Wildman–Crippen MR) is 65.4 cm³/mol. The van der Waals surface area contributed by atoms with Crippen molar-refractivity contribution in [1.82, 2.24) is 0 Å². The first-order valence-electron chi connectivity index (χ1n) is 6.23. The van der Waals surface area contributed by atoms with Crippen molar-refractivity contribution in [2.75, 3.05) is 0 Å². The summed E-state index contributed by atoms with van der Waals surface area (Å²) in [7, 11) is 0. The molecule has 118 valence electrons. The van der Waals surface area contributed by atoms with Gasteiger partial charge in [0.1, 0.15) is 6.07 Å². The molecule has 0 heterocycles. The number of hydrogen-bond acceptors (Lipinski definition) is 4. The van der Waals surface area contributed by atoms with Gasteiger partial charge in [0.25, 0.3) is 0 Å². The molecule has 1 aromatic carbocycles. The number of nitriles is 1. The van der Waals surface area contributed by atoms with Gasteiger partial charge in [0, 0.05) is 0 Å². The summed E-state index contributed by atoms with van der Waals surface area (Å²) in [6.07, 6.45) is -10.2. The number of halogens is 4. The SMILES string of the molecule is Cc1c(C)c2c(c(F)c1C#N)C(=O)C(C(O)C(F)(F)F)C2O. The van der Waals surface area contributed by atoms with Crippen molar-refractivity contribution in [3.63, 3.8) is 0 Å². The number of fused-ring (bicyclic) bond motifs is 1. The summed E-state index contributed by atoms with van der Waals surface area (Å²) in [5.74, 6) is -4.86. The molecule has 0 saturated carbocycles. The number of hydrogen-bond donors (Lipinski definition) is 2. The van der Waals surface area contributed by atoms with Crippen LogP contribution in [-0.2, 0) is 0 Å². The number of rotatable bonds is 1. The Bertz CT molecular complexity index is 706. The van der Waals surface area contributed by atoms with Gasteiger partial charge >= 0.3 is 6.18 Å². The third-order valence-electron chi connectivity index (χ3n) is 4.02. The average Bonchev–Trinajstić information content (AvgIpc) is 2.67. The summed E-state index contributed by atoms with van der Waals surface area (Å²) < 4.78 is 52.2. The number of alkyl halides is 3. The van der Waals surface area contributed by atoms with E-state index in [-0.39, 0.29) is 16.7 Å². The molecule has 0 saturated heterocycles. The number of aliphatic hydroxyl groups is 2. The van der Waals surface area contributed by atoms with Crippen LogP contribution in [0.25, 0.3) is 0 Å². The minimum absolute atomic E-state index is 0.132. The van der Waals surface area contributed by atoms with E-state index in [2.05, 4.69) is 0 Å². The Kier molecular flexibility index (Phi) is 3.75. The predicted octanol–water partition coefficient (Wildman–Crippen LogP) is 2.08. The third-order valence-corrected chi connectivity index (χ3v) is 4.02. The van der Waals surface area contributed by atoms with Crippen LogP contribution in [0.5, 0.6) is 0 Å². The van der Waals surface area contributed by atoms with Gasteiger partial charge in [0.15, 0.2) is 17.7 Å². The maximum Gasteiger partial charge on any atom is 0.415 e. The zero-order chi connectivity index (χ0) is 17.0. The topological polar surface area (TPSA) is 81.3 Å². The highest BCUT2D eigenvalue weighted by atomic mass is 19.4.